The van der Waals surface area contributed by atoms with Crippen molar-refractivity contribution in [3.63, 3.8) is 0 Å². The highest BCUT2D eigenvalue weighted by molar-refractivity contribution is 7.89. The average Bonchev–Trinajstić information content (AvgIpc) is 3.29. The van der Waals surface area contributed by atoms with Crippen molar-refractivity contribution < 1.29 is 13.2 Å². The van der Waals surface area contributed by atoms with Gasteiger partial charge in [-0.05, 0) is 29.7 Å². The van der Waals surface area contributed by atoms with Crippen molar-refractivity contribution in [2.45, 2.75) is 17.9 Å². The lowest BCUT2D eigenvalue weighted by atomic mass is 10.1. The van der Waals surface area contributed by atoms with E-state index < -0.39 is 10.0 Å². The van der Waals surface area contributed by atoms with Gasteiger partial charge in [0.15, 0.2) is 0 Å². The van der Waals surface area contributed by atoms with Gasteiger partial charge in [0.05, 0.1) is 30.0 Å². The number of thiophene rings is 1. The zero-order chi connectivity index (χ0) is 24.3. The lowest BCUT2D eigenvalue weighted by Gasteiger charge is -2.25. The average molecular weight is 510 g/mol. The molecule has 0 amide bonds. The van der Waals surface area contributed by atoms with Crippen LogP contribution >= 0.6 is 11.3 Å². The first-order valence-electron chi connectivity index (χ1n) is 11.5. The van der Waals surface area contributed by atoms with Crippen LogP contribution in [0.25, 0.3) is 21.3 Å². The van der Waals surface area contributed by atoms with Crippen molar-refractivity contribution in [1.29, 1.82) is 0 Å². The molecule has 0 atom stereocenters. The summed E-state index contributed by atoms with van der Waals surface area (Å²) in [5, 5.41) is 11.9. The fraction of sp³-hybridized carbons (Fsp3) is 0.280. The maximum absolute atomic E-state index is 11.5. The van der Waals surface area contributed by atoms with Gasteiger partial charge in [-0.2, -0.15) is 0 Å². The van der Waals surface area contributed by atoms with Gasteiger partial charge >= 0.3 is 0 Å². The number of rotatable bonds is 8. The predicted molar refractivity (Wildman–Crippen MR) is 139 cm³/mol. The summed E-state index contributed by atoms with van der Waals surface area (Å²) in [7, 11) is -3.69. The minimum atomic E-state index is -3.69. The van der Waals surface area contributed by atoms with Gasteiger partial charge in [0, 0.05) is 30.6 Å². The van der Waals surface area contributed by atoms with Gasteiger partial charge in [-0.1, -0.05) is 42.5 Å². The molecule has 8 nitrogen and oxygen atoms in total. The Morgan fingerprint density at radius 2 is 1.77 bits per heavy atom. The number of morpholine rings is 1. The second-order valence-electron chi connectivity index (χ2n) is 8.44. The molecule has 5 rings (SSSR count). The third-order valence-corrected chi connectivity index (χ3v) is 7.79. The molecule has 1 saturated heterocycles. The Kier molecular flexibility index (Phi) is 7.07. The maximum atomic E-state index is 11.5. The van der Waals surface area contributed by atoms with Crippen LogP contribution in [-0.2, 0) is 27.7 Å². The van der Waals surface area contributed by atoms with E-state index in [-0.39, 0.29) is 4.90 Å². The summed E-state index contributed by atoms with van der Waals surface area (Å²) in [6, 6.07) is 16.9. The summed E-state index contributed by atoms with van der Waals surface area (Å²) in [5.41, 5.74) is 3.26. The molecule has 10 heteroatoms. The molecule has 4 aromatic rings. The first-order chi connectivity index (χ1) is 17.0. The molecule has 1 aliphatic rings. The third-order valence-electron chi connectivity index (χ3n) is 5.99. The normalized spacial score (nSPS) is 14.9. The Balaban J connectivity index is 1.41. The molecule has 35 heavy (non-hydrogen) atoms. The van der Waals surface area contributed by atoms with Gasteiger partial charge in [0.1, 0.15) is 16.5 Å². The standard InChI is InChI=1S/C25H27N5O3S2/c26-35(31,32)20-8-6-18(7-9-20)10-11-27-24-23-21(19-4-2-1-3-5-19)17-34-25(23)29-22(28-24)16-30-12-14-33-15-13-30/h1-9,17H,10-16H2,(H2,26,31,32)(H,27,28,29). The van der Waals surface area contributed by atoms with Gasteiger partial charge in [-0.15, -0.1) is 11.3 Å². The van der Waals surface area contributed by atoms with Gasteiger partial charge in [-0.25, -0.2) is 23.5 Å². The smallest absolute Gasteiger partial charge is 0.238 e. The highest BCUT2D eigenvalue weighted by Crippen LogP contribution is 2.37. The van der Waals surface area contributed by atoms with E-state index in [0.29, 0.717) is 19.5 Å². The number of ether oxygens (including phenoxy) is 1. The number of fused-ring (bicyclic) bond motifs is 1. The fourth-order valence-electron chi connectivity index (χ4n) is 4.15. The van der Waals surface area contributed by atoms with Crippen LogP contribution in [0.15, 0.2) is 64.9 Å². The van der Waals surface area contributed by atoms with Crippen LogP contribution in [0.4, 0.5) is 5.82 Å². The van der Waals surface area contributed by atoms with Crippen LogP contribution in [0, 0.1) is 0 Å². The van der Waals surface area contributed by atoms with Gasteiger partial charge < -0.3 is 10.1 Å². The molecule has 0 radical (unpaired) electrons. The molecular weight excluding hydrogens is 482 g/mol. The molecule has 182 valence electrons. The Morgan fingerprint density at radius 3 is 2.49 bits per heavy atom. The molecule has 1 fully saturated rings. The van der Waals surface area contributed by atoms with Crippen molar-refractivity contribution >= 4 is 37.4 Å². The second-order valence-corrected chi connectivity index (χ2v) is 10.9. The Hall–Kier alpha value is -2.89. The minimum Gasteiger partial charge on any atom is -0.379 e. The van der Waals surface area contributed by atoms with Crippen molar-refractivity contribution in [2.24, 2.45) is 5.14 Å². The number of nitrogens with one attached hydrogen (secondary N) is 1. The van der Waals surface area contributed by atoms with E-state index in [1.165, 1.54) is 0 Å². The molecule has 2 aromatic carbocycles. The number of primary sulfonamides is 1. The van der Waals surface area contributed by atoms with E-state index >= 15 is 0 Å². The molecule has 0 spiro atoms. The number of nitrogens with two attached hydrogens (primary N) is 1. The van der Waals surface area contributed by atoms with Crippen LogP contribution in [0.3, 0.4) is 0 Å². The number of hydrogen-bond donors (Lipinski definition) is 2. The number of anilines is 1. The van der Waals surface area contributed by atoms with Crippen LogP contribution in [0.5, 0.6) is 0 Å². The zero-order valence-electron chi connectivity index (χ0n) is 19.2. The van der Waals surface area contributed by atoms with Crippen molar-refractivity contribution in [2.75, 3.05) is 38.2 Å². The largest absolute Gasteiger partial charge is 0.379 e. The molecule has 1 aliphatic heterocycles. The first-order valence-corrected chi connectivity index (χ1v) is 13.9. The molecule has 3 N–H and O–H groups in total. The van der Waals surface area contributed by atoms with E-state index in [9.17, 15) is 8.42 Å². The summed E-state index contributed by atoms with van der Waals surface area (Å²) >= 11 is 1.63. The molecule has 0 bridgehead atoms. The summed E-state index contributed by atoms with van der Waals surface area (Å²) in [6.45, 7) is 4.53. The minimum absolute atomic E-state index is 0.116. The van der Waals surface area contributed by atoms with Crippen molar-refractivity contribution in [1.82, 2.24) is 14.9 Å². The molecular formula is C25H27N5O3S2. The van der Waals surface area contributed by atoms with E-state index in [1.54, 1.807) is 35.6 Å². The van der Waals surface area contributed by atoms with Crippen molar-refractivity contribution in [3.8, 4) is 11.1 Å². The first kappa shape index (κ1) is 23.8. The lowest BCUT2D eigenvalue weighted by molar-refractivity contribution is 0.0331. The molecule has 3 heterocycles. The summed E-state index contributed by atoms with van der Waals surface area (Å²) in [4.78, 5) is 13.2. The summed E-state index contributed by atoms with van der Waals surface area (Å²) < 4.78 is 28.5. The quantitative estimate of drug-likeness (QED) is 0.374. The van der Waals surface area contributed by atoms with Gasteiger partial charge in [-0.3, -0.25) is 4.90 Å². The SMILES string of the molecule is NS(=O)(=O)c1ccc(CCNc2nc(CN3CCOCC3)nc3scc(-c4ccccc4)c23)cc1. The number of sulfonamides is 1. The van der Waals surface area contributed by atoms with Crippen LogP contribution in [0.2, 0.25) is 0 Å². The van der Waals surface area contributed by atoms with Crippen LogP contribution in [0.1, 0.15) is 11.4 Å². The summed E-state index contributed by atoms with van der Waals surface area (Å²) in [6.07, 6.45) is 0.708. The van der Waals surface area contributed by atoms with E-state index in [4.69, 9.17) is 19.8 Å². The monoisotopic (exact) mass is 509 g/mol. The molecule has 2 aromatic heterocycles. The highest BCUT2D eigenvalue weighted by atomic mass is 32.2. The number of nitrogens with zero attached hydrogens (tertiary/aromatic N) is 3. The van der Waals surface area contributed by atoms with E-state index in [0.717, 1.165) is 64.9 Å². The maximum Gasteiger partial charge on any atom is 0.238 e. The van der Waals surface area contributed by atoms with Gasteiger partial charge in [0.2, 0.25) is 10.0 Å². The molecule has 0 aliphatic carbocycles. The van der Waals surface area contributed by atoms with Crippen LogP contribution in [-0.4, -0.2) is 56.1 Å². The van der Waals surface area contributed by atoms with Gasteiger partial charge in [0.25, 0.3) is 0 Å². The lowest BCUT2D eigenvalue weighted by Crippen LogP contribution is -2.36. The van der Waals surface area contributed by atoms with E-state index in [1.807, 2.05) is 18.2 Å². The Morgan fingerprint density at radius 1 is 1.03 bits per heavy atom. The van der Waals surface area contributed by atoms with E-state index in [2.05, 4.69) is 27.7 Å². The summed E-state index contributed by atoms with van der Waals surface area (Å²) in [5.74, 6) is 1.61. The third kappa shape index (κ3) is 5.68. The topological polar surface area (TPSA) is 110 Å². The fourth-order valence-corrected chi connectivity index (χ4v) is 5.63. The number of hydrogen-bond acceptors (Lipinski definition) is 8. The zero-order valence-corrected chi connectivity index (χ0v) is 20.8. The molecule has 0 unspecified atom stereocenters. The highest BCUT2D eigenvalue weighted by Gasteiger charge is 2.18. The number of benzene rings is 2. The van der Waals surface area contributed by atoms with Crippen LogP contribution < -0.4 is 10.5 Å². The second kappa shape index (κ2) is 10.4. The molecule has 0 saturated carbocycles. The Bertz CT molecular complexity index is 1400. The van der Waals surface area contributed by atoms with Crippen molar-refractivity contribution in [3.05, 3.63) is 71.4 Å². The number of aromatic nitrogens is 2. The Labute approximate surface area is 208 Å². The predicted octanol–water partition coefficient (Wildman–Crippen LogP) is 3.49.